The molecule has 6 nitrogen and oxygen atoms in total. The van der Waals surface area contributed by atoms with E-state index in [0.717, 1.165) is 15.7 Å². The number of hydrogen-bond donors (Lipinski definition) is 1. The van der Waals surface area contributed by atoms with E-state index in [1.807, 2.05) is 24.3 Å². The summed E-state index contributed by atoms with van der Waals surface area (Å²) >= 11 is 5.19. The average Bonchev–Trinajstić information content (AvgIpc) is 3.33. The van der Waals surface area contributed by atoms with Gasteiger partial charge in [0, 0.05) is 59.1 Å². The molecule has 0 radical (unpaired) electrons. The largest absolute Gasteiger partial charge is 0.388 e. The lowest BCUT2D eigenvalue weighted by molar-refractivity contribution is -0.151. The Morgan fingerprint density at radius 1 is 0.872 bits per heavy atom. The standard InChI is InChI=1S/C31H34BrN3O3S/c1-22-3-12-28(23(2)19-22)39-27-10-8-26(9-11-27)33-15-17-34(18-16-33)29(36)30(37)35-14-13-31(38,21-35)20-24-4-6-25(32)7-5-24/h3-12,19,38H,13-18,20-21H2,1-2H3. The molecular formula is C31H34BrN3O3S. The summed E-state index contributed by atoms with van der Waals surface area (Å²) in [6.45, 7) is 7.18. The van der Waals surface area contributed by atoms with Gasteiger partial charge in [-0.05, 0) is 73.9 Å². The van der Waals surface area contributed by atoms with Gasteiger partial charge in [-0.15, -0.1) is 0 Å². The van der Waals surface area contributed by atoms with Crippen molar-refractivity contribution in [2.75, 3.05) is 44.2 Å². The lowest BCUT2D eigenvalue weighted by Gasteiger charge is -2.36. The number of β-amino-alcohol motifs (C(OH)–C–C–N with tert-alkyl or cyclic N) is 1. The van der Waals surface area contributed by atoms with Crippen LogP contribution in [0.2, 0.25) is 0 Å². The first-order chi connectivity index (χ1) is 18.7. The third-order valence-corrected chi connectivity index (χ3v) is 9.29. The number of rotatable bonds is 5. The van der Waals surface area contributed by atoms with Gasteiger partial charge in [-0.1, -0.05) is 57.5 Å². The maximum Gasteiger partial charge on any atom is 0.312 e. The summed E-state index contributed by atoms with van der Waals surface area (Å²) in [5, 5.41) is 11.1. The summed E-state index contributed by atoms with van der Waals surface area (Å²) in [6.07, 6.45) is 0.923. The van der Waals surface area contributed by atoms with E-state index in [1.165, 1.54) is 25.8 Å². The van der Waals surface area contributed by atoms with Crippen molar-refractivity contribution >= 4 is 45.2 Å². The molecule has 1 unspecified atom stereocenters. The number of likely N-dealkylation sites (tertiary alicyclic amines) is 1. The van der Waals surface area contributed by atoms with Crippen LogP contribution in [0.1, 0.15) is 23.1 Å². The molecule has 39 heavy (non-hydrogen) atoms. The zero-order valence-electron chi connectivity index (χ0n) is 22.4. The molecular weight excluding hydrogens is 574 g/mol. The van der Waals surface area contributed by atoms with E-state index in [2.05, 4.69) is 77.1 Å². The molecule has 0 aliphatic carbocycles. The number of benzene rings is 3. The van der Waals surface area contributed by atoms with Crippen molar-refractivity contribution in [1.82, 2.24) is 9.80 Å². The number of halogens is 1. The maximum atomic E-state index is 13.0. The second kappa shape index (κ2) is 11.7. The van der Waals surface area contributed by atoms with Gasteiger partial charge in [-0.3, -0.25) is 9.59 Å². The van der Waals surface area contributed by atoms with Gasteiger partial charge in [0.25, 0.3) is 0 Å². The van der Waals surface area contributed by atoms with E-state index < -0.39 is 17.4 Å². The lowest BCUT2D eigenvalue weighted by atomic mass is 9.94. The van der Waals surface area contributed by atoms with E-state index in [0.29, 0.717) is 45.6 Å². The SMILES string of the molecule is Cc1ccc(Sc2ccc(N3CCN(C(=O)C(=O)N4CCC(O)(Cc5ccc(Br)cc5)C4)CC3)cc2)c(C)c1. The van der Waals surface area contributed by atoms with E-state index in [1.54, 1.807) is 16.7 Å². The van der Waals surface area contributed by atoms with Gasteiger partial charge in [-0.2, -0.15) is 0 Å². The lowest BCUT2D eigenvalue weighted by Crippen LogP contribution is -2.53. The molecule has 5 rings (SSSR count). The number of hydrogen-bond acceptors (Lipinski definition) is 5. The normalized spacial score (nSPS) is 19.4. The van der Waals surface area contributed by atoms with Gasteiger partial charge in [0.15, 0.2) is 0 Å². The molecule has 2 aliphatic heterocycles. The number of amides is 2. The highest BCUT2D eigenvalue weighted by atomic mass is 79.9. The summed E-state index contributed by atoms with van der Waals surface area (Å²) in [6, 6.07) is 22.9. The molecule has 0 bridgehead atoms. The van der Waals surface area contributed by atoms with Gasteiger partial charge in [0.05, 0.1) is 12.1 Å². The van der Waals surface area contributed by atoms with Crippen molar-refractivity contribution in [3.8, 4) is 0 Å². The summed E-state index contributed by atoms with van der Waals surface area (Å²) in [7, 11) is 0. The molecule has 2 heterocycles. The predicted octanol–water partition coefficient (Wildman–Crippen LogP) is 5.07. The van der Waals surface area contributed by atoms with Gasteiger partial charge >= 0.3 is 11.8 Å². The van der Waals surface area contributed by atoms with Crippen molar-refractivity contribution in [3.05, 3.63) is 87.9 Å². The fraction of sp³-hybridized carbons (Fsp3) is 0.355. The Bertz CT molecular complexity index is 1340. The van der Waals surface area contributed by atoms with Crippen LogP contribution < -0.4 is 4.90 Å². The third kappa shape index (κ3) is 6.68. The van der Waals surface area contributed by atoms with E-state index in [9.17, 15) is 14.7 Å². The van der Waals surface area contributed by atoms with Crippen LogP contribution in [0.25, 0.3) is 0 Å². The minimum atomic E-state index is -1.01. The molecule has 0 spiro atoms. The van der Waals surface area contributed by atoms with Crippen molar-refractivity contribution < 1.29 is 14.7 Å². The Morgan fingerprint density at radius 3 is 2.21 bits per heavy atom. The number of nitrogens with zero attached hydrogens (tertiary/aromatic N) is 3. The maximum absolute atomic E-state index is 13.0. The molecule has 2 fully saturated rings. The monoisotopic (exact) mass is 607 g/mol. The first-order valence-electron chi connectivity index (χ1n) is 13.3. The van der Waals surface area contributed by atoms with E-state index >= 15 is 0 Å². The molecule has 3 aromatic rings. The van der Waals surface area contributed by atoms with E-state index in [4.69, 9.17) is 0 Å². The van der Waals surface area contributed by atoms with Gasteiger partial charge in [0.2, 0.25) is 0 Å². The number of piperazine rings is 1. The highest BCUT2D eigenvalue weighted by molar-refractivity contribution is 9.10. The van der Waals surface area contributed by atoms with Crippen LogP contribution in [-0.4, -0.2) is 71.6 Å². The molecule has 8 heteroatoms. The van der Waals surface area contributed by atoms with Gasteiger partial charge in [0.1, 0.15) is 0 Å². The molecule has 0 aromatic heterocycles. The summed E-state index contributed by atoms with van der Waals surface area (Å²) in [5.41, 5.74) is 3.67. The predicted molar refractivity (Wildman–Crippen MR) is 159 cm³/mol. The quantitative estimate of drug-likeness (QED) is 0.410. The molecule has 1 N–H and O–H groups in total. The Hall–Kier alpha value is -2.81. The summed E-state index contributed by atoms with van der Waals surface area (Å²) in [5.74, 6) is -0.981. The molecule has 3 aromatic carbocycles. The topological polar surface area (TPSA) is 64.1 Å². The van der Waals surface area contributed by atoms with Gasteiger partial charge < -0.3 is 19.8 Å². The Morgan fingerprint density at radius 2 is 1.54 bits per heavy atom. The van der Waals surface area contributed by atoms with E-state index in [-0.39, 0.29) is 6.54 Å². The zero-order chi connectivity index (χ0) is 27.6. The van der Waals surface area contributed by atoms with Crippen LogP contribution in [-0.2, 0) is 16.0 Å². The zero-order valence-corrected chi connectivity index (χ0v) is 24.8. The molecule has 2 saturated heterocycles. The average molecular weight is 609 g/mol. The van der Waals surface area contributed by atoms with Crippen LogP contribution >= 0.6 is 27.7 Å². The van der Waals surface area contributed by atoms with Crippen molar-refractivity contribution in [2.24, 2.45) is 0 Å². The minimum absolute atomic E-state index is 0.181. The van der Waals surface area contributed by atoms with Crippen molar-refractivity contribution in [1.29, 1.82) is 0 Å². The van der Waals surface area contributed by atoms with Crippen molar-refractivity contribution in [3.63, 3.8) is 0 Å². The van der Waals surface area contributed by atoms with Crippen LogP contribution in [0.15, 0.2) is 81.0 Å². The fourth-order valence-corrected chi connectivity index (χ4v) is 6.51. The third-order valence-electron chi connectivity index (χ3n) is 7.58. The van der Waals surface area contributed by atoms with Crippen LogP contribution in [0.3, 0.4) is 0 Å². The Balaban J connectivity index is 1.12. The number of anilines is 1. The molecule has 2 amide bonds. The first-order valence-corrected chi connectivity index (χ1v) is 15.0. The second-order valence-corrected chi connectivity index (χ2v) is 12.7. The Labute approximate surface area is 243 Å². The van der Waals surface area contributed by atoms with Crippen LogP contribution in [0.5, 0.6) is 0 Å². The highest BCUT2D eigenvalue weighted by Gasteiger charge is 2.41. The number of aryl methyl sites for hydroxylation is 2. The Kier molecular flexibility index (Phi) is 8.35. The molecule has 1 atom stereocenters. The smallest absolute Gasteiger partial charge is 0.312 e. The van der Waals surface area contributed by atoms with Crippen LogP contribution in [0.4, 0.5) is 5.69 Å². The summed E-state index contributed by atoms with van der Waals surface area (Å²) in [4.78, 5) is 33.9. The molecule has 2 aliphatic rings. The summed E-state index contributed by atoms with van der Waals surface area (Å²) < 4.78 is 0.983. The fourth-order valence-electron chi connectivity index (χ4n) is 5.36. The minimum Gasteiger partial charge on any atom is -0.388 e. The highest BCUT2D eigenvalue weighted by Crippen LogP contribution is 2.32. The van der Waals surface area contributed by atoms with Crippen LogP contribution in [0, 0.1) is 13.8 Å². The number of aliphatic hydroxyl groups is 1. The molecule has 204 valence electrons. The number of carbonyl (C=O) groups excluding carboxylic acids is 2. The second-order valence-electron chi connectivity index (χ2n) is 10.6. The number of carbonyl (C=O) groups is 2. The van der Waals surface area contributed by atoms with Gasteiger partial charge in [-0.25, -0.2) is 0 Å². The first kappa shape index (κ1) is 27.7. The van der Waals surface area contributed by atoms with Crippen molar-refractivity contribution in [2.45, 2.75) is 42.1 Å². The molecule has 0 saturated carbocycles.